The first-order valence-electron chi connectivity index (χ1n) is 9.00. The second kappa shape index (κ2) is 9.35. The van der Waals surface area contributed by atoms with E-state index in [1.54, 1.807) is 26.8 Å². The van der Waals surface area contributed by atoms with Crippen LogP contribution in [0.25, 0.3) is 0 Å². The Bertz CT molecular complexity index is 796. The zero-order valence-electron chi connectivity index (χ0n) is 16.5. The van der Waals surface area contributed by atoms with Crippen molar-refractivity contribution < 1.29 is 27.6 Å². The lowest BCUT2D eigenvalue weighted by molar-refractivity contribution is 0.0486. The molecule has 0 bridgehead atoms. The summed E-state index contributed by atoms with van der Waals surface area (Å²) in [5.74, 6) is -0.0938. The minimum atomic E-state index is -3.35. The molecule has 2 heterocycles. The highest BCUT2D eigenvalue weighted by molar-refractivity contribution is 7.53. The number of aromatic amines is 1. The lowest BCUT2D eigenvalue weighted by Gasteiger charge is -2.15. The molecule has 0 radical (unpaired) electrons. The molecule has 0 aliphatic heterocycles. The van der Waals surface area contributed by atoms with Crippen molar-refractivity contribution in [2.45, 2.75) is 47.2 Å². The van der Waals surface area contributed by atoms with E-state index in [1.165, 1.54) is 0 Å². The molecular weight excluding hydrogens is 371 g/mol. The first-order chi connectivity index (χ1) is 12.8. The van der Waals surface area contributed by atoms with Gasteiger partial charge in [0.05, 0.1) is 25.5 Å². The molecule has 0 aromatic carbocycles. The minimum Gasteiger partial charge on any atom is -0.460 e. The standard InChI is InChI=1S/C18H27N2O6P/c1-6-23-18(21)17-14(10-16-12(4)19-20-13(16)5)9-15(26-17)11-27(22,24-7-2)25-8-3/h9H,6-8,10-11H2,1-5H3,(H,19,20). The van der Waals surface area contributed by atoms with Crippen molar-refractivity contribution in [1.29, 1.82) is 0 Å². The molecule has 2 aromatic rings. The minimum absolute atomic E-state index is 0.0512. The third-order valence-electron chi connectivity index (χ3n) is 3.97. The van der Waals surface area contributed by atoms with Crippen molar-refractivity contribution in [2.24, 2.45) is 0 Å². The van der Waals surface area contributed by atoms with Gasteiger partial charge in [-0.2, -0.15) is 5.10 Å². The number of ether oxygens (including phenoxy) is 1. The lowest BCUT2D eigenvalue weighted by Crippen LogP contribution is -2.06. The Morgan fingerprint density at radius 3 is 2.37 bits per heavy atom. The van der Waals surface area contributed by atoms with Crippen LogP contribution in [0.4, 0.5) is 0 Å². The van der Waals surface area contributed by atoms with E-state index in [0.29, 0.717) is 17.7 Å². The van der Waals surface area contributed by atoms with E-state index in [-0.39, 0.29) is 31.7 Å². The number of hydrogen-bond donors (Lipinski definition) is 1. The van der Waals surface area contributed by atoms with E-state index in [1.807, 2.05) is 13.8 Å². The predicted octanol–water partition coefficient (Wildman–Crippen LogP) is 4.15. The average Bonchev–Trinajstić information content (AvgIpc) is 3.13. The fourth-order valence-corrected chi connectivity index (χ4v) is 4.38. The van der Waals surface area contributed by atoms with Gasteiger partial charge in [-0.1, -0.05) is 0 Å². The summed E-state index contributed by atoms with van der Waals surface area (Å²) in [5, 5.41) is 7.11. The highest BCUT2D eigenvalue weighted by Crippen LogP contribution is 2.51. The quantitative estimate of drug-likeness (QED) is 0.473. The maximum Gasteiger partial charge on any atom is 0.374 e. The largest absolute Gasteiger partial charge is 0.460 e. The molecule has 9 heteroatoms. The van der Waals surface area contributed by atoms with Crippen molar-refractivity contribution in [3.63, 3.8) is 0 Å². The van der Waals surface area contributed by atoms with Crippen LogP contribution in [0.1, 0.15) is 59.6 Å². The highest BCUT2D eigenvalue weighted by atomic mass is 31.2. The van der Waals surface area contributed by atoms with Gasteiger partial charge in [-0.15, -0.1) is 0 Å². The van der Waals surface area contributed by atoms with Gasteiger partial charge in [0, 0.05) is 23.2 Å². The van der Waals surface area contributed by atoms with Crippen LogP contribution in [-0.4, -0.2) is 36.0 Å². The van der Waals surface area contributed by atoms with Crippen molar-refractivity contribution >= 4 is 13.6 Å². The molecule has 2 aromatic heterocycles. The molecule has 150 valence electrons. The fraction of sp³-hybridized carbons (Fsp3) is 0.556. The van der Waals surface area contributed by atoms with Gasteiger partial charge in [-0.05, 0) is 40.7 Å². The molecule has 0 unspecified atom stereocenters. The first kappa shape index (κ1) is 21.4. The second-order valence-corrected chi connectivity index (χ2v) is 8.04. The Kier molecular flexibility index (Phi) is 7.41. The summed E-state index contributed by atoms with van der Waals surface area (Å²) >= 11 is 0. The number of rotatable bonds is 10. The van der Waals surface area contributed by atoms with Crippen LogP contribution in [-0.2, 0) is 30.9 Å². The van der Waals surface area contributed by atoms with Gasteiger partial charge in [0.25, 0.3) is 0 Å². The van der Waals surface area contributed by atoms with Crippen molar-refractivity contribution in [2.75, 3.05) is 19.8 Å². The molecule has 0 aliphatic rings. The van der Waals surface area contributed by atoms with Gasteiger partial charge < -0.3 is 18.2 Å². The SMILES string of the molecule is CCOC(=O)c1oc(CP(=O)(OCC)OCC)cc1Cc1c(C)n[nH]c1C. The van der Waals surface area contributed by atoms with Gasteiger partial charge in [0.15, 0.2) is 0 Å². The Morgan fingerprint density at radius 1 is 1.19 bits per heavy atom. The van der Waals surface area contributed by atoms with Crippen molar-refractivity contribution in [3.05, 3.63) is 40.1 Å². The summed E-state index contributed by atoms with van der Waals surface area (Å²) < 4.78 is 34.2. The molecule has 0 spiro atoms. The predicted molar refractivity (Wildman–Crippen MR) is 100 cm³/mol. The number of aryl methyl sites for hydroxylation is 2. The fourth-order valence-electron chi connectivity index (χ4n) is 2.80. The second-order valence-electron chi connectivity index (χ2n) is 5.98. The molecule has 0 fully saturated rings. The maximum absolute atomic E-state index is 12.8. The Balaban J connectivity index is 2.37. The average molecular weight is 398 g/mol. The molecule has 1 N–H and O–H groups in total. The number of H-pyrrole nitrogens is 1. The van der Waals surface area contributed by atoms with Gasteiger partial charge in [0.2, 0.25) is 5.76 Å². The number of hydrogen-bond acceptors (Lipinski definition) is 7. The van der Waals surface area contributed by atoms with Crippen LogP contribution < -0.4 is 0 Å². The molecule has 0 saturated carbocycles. The molecule has 2 rings (SSSR count). The van der Waals surface area contributed by atoms with Gasteiger partial charge in [-0.25, -0.2) is 4.79 Å². The van der Waals surface area contributed by atoms with Crippen molar-refractivity contribution in [1.82, 2.24) is 10.2 Å². The maximum atomic E-state index is 12.8. The summed E-state index contributed by atoms with van der Waals surface area (Å²) in [7, 11) is -3.35. The van der Waals surface area contributed by atoms with E-state index >= 15 is 0 Å². The Labute approximate surface area is 159 Å². The number of esters is 1. The normalized spacial score (nSPS) is 11.7. The van der Waals surface area contributed by atoms with E-state index < -0.39 is 13.6 Å². The van der Waals surface area contributed by atoms with Crippen molar-refractivity contribution in [3.8, 4) is 0 Å². The van der Waals surface area contributed by atoms with E-state index in [2.05, 4.69) is 10.2 Å². The van der Waals surface area contributed by atoms with Gasteiger partial charge >= 0.3 is 13.6 Å². The summed E-state index contributed by atoms with van der Waals surface area (Å²) in [6.07, 6.45) is 0.393. The summed E-state index contributed by atoms with van der Waals surface area (Å²) in [6, 6.07) is 1.71. The molecule has 8 nitrogen and oxygen atoms in total. The Hall–Kier alpha value is -1.89. The smallest absolute Gasteiger partial charge is 0.374 e. The zero-order chi connectivity index (χ0) is 20.0. The van der Waals surface area contributed by atoms with Crippen LogP contribution in [0, 0.1) is 13.8 Å². The van der Waals surface area contributed by atoms with E-state index in [9.17, 15) is 9.36 Å². The Morgan fingerprint density at radius 2 is 1.85 bits per heavy atom. The number of aromatic nitrogens is 2. The van der Waals surface area contributed by atoms with Gasteiger partial charge in [0.1, 0.15) is 11.9 Å². The zero-order valence-corrected chi connectivity index (χ0v) is 17.4. The van der Waals surface area contributed by atoms with Gasteiger partial charge in [-0.3, -0.25) is 9.66 Å². The van der Waals surface area contributed by atoms with Crippen LogP contribution in [0.15, 0.2) is 10.5 Å². The number of nitrogens with zero attached hydrogens (tertiary/aromatic N) is 1. The van der Waals surface area contributed by atoms with E-state index in [0.717, 1.165) is 17.0 Å². The summed E-state index contributed by atoms with van der Waals surface area (Å²) in [6.45, 7) is 9.76. The molecule has 0 amide bonds. The number of nitrogens with one attached hydrogen (secondary N) is 1. The molecular formula is C18H27N2O6P. The summed E-state index contributed by atoms with van der Waals surface area (Å²) in [4.78, 5) is 12.3. The van der Waals surface area contributed by atoms with E-state index in [4.69, 9.17) is 18.2 Å². The van der Waals surface area contributed by atoms with Crippen LogP contribution in [0.5, 0.6) is 0 Å². The topological polar surface area (TPSA) is 104 Å². The van der Waals surface area contributed by atoms with Crippen LogP contribution in [0.2, 0.25) is 0 Å². The molecule has 0 atom stereocenters. The highest BCUT2D eigenvalue weighted by Gasteiger charge is 2.29. The van der Waals surface area contributed by atoms with Crippen LogP contribution in [0.3, 0.4) is 0 Å². The molecule has 0 saturated heterocycles. The number of furan rings is 1. The summed E-state index contributed by atoms with van der Waals surface area (Å²) in [5.41, 5.74) is 3.39. The third kappa shape index (κ3) is 5.31. The number of carbonyl (C=O) groups excluding carboxylic acids is 1. The van der Waals surface area contributed by atoms with Crippen LogP contribution >= 0.6 is 7.60 Å². The monoisotopic (exact) mass is 398 g/mol. The number of carbonyl (C=O) groups is 1. The lowest BCUT2D eigenvalue weighted by atomic mass is 10.0. The molecule has 0 aliphatic carbocycles. The first-order valence-corrected chi connectivity index (χ1v) is 10.7. The third-order valence-corrected chi connectivity index (χ3v) is 5.97. The molecule has 27 heavy (non-hydrogen) atoms.